The Morgan fingerprint density at radius 3 is 2.70 bits per heavy atom. The van der Waals surface area contributed by atoms with E-state index >= 15 is 0 Å². The van der Waals surface area contributed by atoms with E-state index in [2.05, 4.69) is 6.58 Å². The lowest BCUT2D eigenvalue weighted by molar-refractivity contribution is -0.137. The zero-order valence-corrected chi connectivity index (χ0v) is 6.39. The summed E-state index contributed by atoms with van der Waals surface area (Å²) in [7, 11) is 0. The molecule has 0 saturated carbocycles. The highest BCUT2D eigenvalue weighted by atomic mass is 16.5. The number of esters is 1. The van der Waals surface area contributed by atoms with Crippen LogP contribution >= 0.6 is 0 Å². The summed E-state index contributed by atoms with van der Waals surface area (Å²) in [6.07, 6.45) is 3.26. The first kappa shape index (κ1) is 8.95. The lowest BCUT2D eigenvalue weighted by atomic mass is 10.3. The van der Waals surface area contributed by atoms with Gasteiger partial charge < -0.3 is 4.74 Å². The molecule has 0 rings (SSSR count). The third-order valence-electron chi connectivity index (χ3n) is 1.09. The zero-order valence-electron chi connectivity index (χ0n) is 6.39. The molecule has 0 amide bonds. The van der Waals surface area contributed by atoms with Crippen LogP contribution in [-0.2, 0) is 9.53 Å². The van der Waals surface area contributed by atoms with Crippen LogP contribution in [0, 0.1) is 0 Å². The molecule has 0 N–H and O–H groups in total. The summed E-state index contributed by atoms with van der Waals surface area (Å²) in [5, 5.41) is 0. The van der Waals surface area contributed by atoms with Gasteiger partial charge in [0.25, 0.3) is 0 Å². The smallest absolute Gasteiger partial charge is 0.333 e. The minimum atomic E-state index is -0.276. The maximum atomic E-state index is 10.8. The average Bonchev–Trinajstić information content (AvgIpc) is 1.98. The van der Waals surface area contributed by atoms with Gasteiger partial charge in [0.05, 0.1) is 0 Å². The van der Waals surface area contributed by atoms with Crippen molar-refractivity contribution in [3.63, 3.8) is 0 Å². The summed E-state index contributed by atoms with van der Waals surface area (Å²) in [6, 6.07) is 0. The van der Waals surface area contributed by atoms with Crippen molar-refractivity contribution in [1.29, 1.82) is 0 Å². The van der Waals surface area contributed by atoms with Gasteiger partial charge in [0.2, 0.25) is 0 Å². The van der Waals surface area contributed by atoms with E-state index < -0.39 is 0 Å². The zero-order chi connectivity index (χ0) is 7.98. The largest absolute Gasteiger partial charge is 0.458 e. The van der Waals surface area contributed by atoms with Crippen LogP contribution in [0.2, 0.25) is 0 Å². The van der Waals surface area contributed by atoms with E-state index in [4.69, 9.17) is 4.74 Å². The highest BCUT2D eigenvalue weighted by molar-refractivity contribution is 5.87. The molecule has 0 aliphatic carbocycles. The predicted molar refractivity (Wildman–Crippen MR) is 40.6 cm³/mol. The molecule has 0 aromatic carbocycles. The second-order valence-corrected chi connectivity index (χ2v) is 1.86. The van der Waals surface area contributed by atoms with Gasteiger partial charge in [-0.3, -0.25) is 0 Å². The fourth-order valence-electron chi connectivity index (χ4n) is 0.366. The number of hydrogen-bond donors (Lipinski definition) is 0. The molecule has 0 unspecified atom stereocenters. The van der Waals surface area contributed by atoms with Crippen molar-refractivity contribution in [1.82, 2.24) is 0 Å². The van der Waals surface area contributed by atoms with Crippen molar-refractivity contribution in [3.05, 3.63) is 24.3 Å². The van der Waals surface area contributed by atoms with E-state index in [0.29, 0.717) is 5.57 Å². The molecule has 0 aromatic rings. The molecule has 56 valence electrons. The van der Waals surface area contributed by atoms with Crippen LogP contribution in [0.5, 0.6) is 0 Å². The van der Waals surface area contributed by atoms with Crippen LogP contribution in [0.25, 0.3) is 0 Å². The normalized spacial score (nSPS) is 10.8. The Balaban J connectivity index is 3.74. The van der Waals surface area contributed by atoms with E-state index in [1.165, 1.54) is 0 Å². The Morgan fingerprint density at radius 1 is 1.70 bits per heavy atom. The third-order valence-corrected chi connectivity index (χ3v) is 1.09. The third kappa shape index (κ3) is 3.07. The van der Waals surface area contributed by atoms with E-state index in [1.807, 2.05) is 0 Å². The van der Waals surface area contributed by atoms with Gasteiger partial charge in [-0.05, 0) is 13.8 Å². The molecule has 0 aromatic heterocycles. The minimum Gasteiger partial charge on any atom is -0.458 e. The SMILES string of the molecule is C=CCOC(=O)/C(C)=C\C. The lowest BCUT2D eigenvalue weighted by Gasteiger charge is -1.99. The molecule has 0 radical (unpaired) electrons. The summed E-state index contributed by atoms with van der Waals surface area (Å²) >= 11 is 0. The Labute approximate surface area is 61.2 Å². The molecule has 0 aliphatic rings. The van der Waals surface area contributed by atoms with Gasteiger partial charge in [-0.15, -0.1) is 0 Å². The van der Waals surface area contributed by atoms with Crippen molar-refractivity contribution in [2.75, 3.05) is 6.61 Å². The fourth-order valence-corrected chi connectivity index (χ4v) is 0.366. The standard InChI is InChI=1S/C8H12O2/c1-4-6-10-8(9)7(3)5-2/h4-5H,1,6H2,2-3H3/b7-5-. The Kier molecular flexibility index (Phi) is 4.29. The number of carbonyl (C=O) groups excluding carboxylic acids is 1. The molecule has 0 saturated heterocycles. The second-order valence-electron chi connectivity index (χ2n) is 1.86. The molecule has 0 fully saturated rings. The molecule has 0 atom stereocenters. The molecule has 0 bridgehead atoms. The molecular weight excluding hydrogens is 128 g/mol. The van der Waals surface area contributed by atoms with Crippen LogP contribution < -0.4 is 0 Å². The molecule has 10 heavy (non-hydrogen) atoms. The number of rotatable bonds is 3. The Morgan fingerprint density at radius 2 is 2.30 bits per heavy atom. The predicted octanol–water partition coefficient (Wildman–Crippen LogP) is 1.68. The van der Waals surface area contributed by atoms with Gasteiger partial charge in [0, 0.05) is 5.57 Å². The van der Waals surface area contributed by atoms with Crippen LogP contribution in [0.3, 0.4) is 0 Å². The van der Waals surface area contributed by atoms with Gasteiger partial charge in [-0.1, -0.05) is 18.7 Å². The summed E-state index contributed by atoms with van der Waals surface area (Å²) in [5.74, 6) is -0.276. The van der Waals surface area contributed by atoms with Gasteiger partial charge in [0.1, 0.15) is 6.61 Å². The van der Waals surface area contributed by atoms with Crippen molar-refractivity contribution in [2.45, 2.75) is 13.8 Å². The van der Waals surface area contributed by atoms with Crippen molar-refractivity contribution >= 4 is 5.97 Å². The monoisotopic (exact) mass is 140 g/mol. The Hall–Kier alpha value is -1.05. The lowest BCUT2D eigenvalue weighted by Crippen LogP contribution is -2.04. The molecule has 2 nitrogen and oxygen atoms in total. The highest BCUT2D eigenvalue weighted by Gasteiger charge is 2.00. The topological polar surface area (TPSA) is 26.3 Å². The van der Waals surface area contributed by atoms with Gasteiger partial charge in [0.15, 0.2) is 0 Å². The van der Waals surface area contributed by atoms with Crippen LogP contribution in [0.1, 0.15) is 13.8 Å². The number of hydrogen-bond acceptors (Lipinski definition) is 2. The second kappa shape index (κ2) is 4.79. The summed E-state index contributed by atoms with van der Waals surface area (Å²) < 4.78 is 4.72. The number of carbonyl (C=O) groups is 1. The van der Waals surface area contributed by atoms with Crippen LogP contribution in [-0.4, -0.2) is 12.6 Å². The average molecular weight is 140 g/mol. The highest BCUT2D eigenvalue weighted by Crippen LogP contribution is 1.94. The number of ether oxygens (including phenoxy) is 1. The van der Waals surface area contributed by atoms with Crippen molar-refractivity contribution < 1.29 is 9.53 Å². The van der Waals surface area contributed by atoms with E-state index in [0.717, 1.165) is 0 Å². The first-order chi connectivity index (χ1) is 4.72. The van der Waals surface area contributed by atoms with Crippen LogP contribution in [0.4, 0.5) is 0 Å². The summed E-state index contributed by atoms with van der Waals surface area (Å²) in [6.45, 7) is 7.21. The molecule has 0 aliphatic heterocycles. The van der Waals surface area contributed by atoms with E-state index in [9.17, 15) is 4.79 Å². The maximum absolute atomic E-state index is 10.8. The quantitative estimate of drug-likeness (QED) is 0.338. The van der Waals surface area contributed by atoms with E-state index in [-0.39, 0.29) is 12.6 Å². The molecule has 2 heteroatoms. The first-order valence-electron chi connectivity index (χ1n) is 3.13. The van der Waals surface area contributed by atoms with Gasteiger partial charge >= 0.3 is 5.97 Å². The minimum absolute atomic E-state index is 0.276. The van der Waals surface area contributed by atoms with Crippen LogP contribution in [0.15, 0.2) is 24.3 Å². The van der Waals surface area contributed by atoms with E-state index in [1.54, 1.807) is 26.0 Å². The van der Waals surface area contributed by atoms with Crippen molar-refractivity contribution in [3.8, 4) is 0 Å². The van der Waals surface area contributed by atoms with Gasteiger partial charge in [-0.2, -0.15) is 0 Å². The Bertz CT molecular complexity index is 157. The molecule has 0 spiro atoms. The van der Waals surface area contributed by atoms with Crippen molar-refractivity contribution in [2.24, 2.45) is 0 Å². The summed E-state index contributed by atoms with van der Waals surface area (Å²) in [5.41, 5.74) is 0.627. The van der Waals surface area contributed by atoms with Gasteiger partial charge in [-0.25, -0.2) is 4.79 Å². The number of allylic oxidation sites excluding steroid dienone is 1. The molecular formula is C8H12O2. The maximum Gasteiger partial charge on any atom is 0.333 e. The fraction of sp³-hybridized carbons (Fsp3) is 0.375. The first-order valence-corrected chi connectivity index (χ1v) is 3.13. The summed E-state index contributed by atoms with van der Waals surface area (Å²) in [4.78, 5) is 10.8. The molecule has 0 heterocycles.